The Hall–Kier alpha value is -0.740. The summed E-state index contributed by atoms with van der Waals surface area (Å²) in [6.45, 7) is 7.40. The van der Waals surface area contributed by atoms with Crippen molar-refractivity contribution in [2.45, 2.75) is 13.5 Å². The summed E-state index contributed by atoms with van der Waals surface area (Å²) in [6.07, 6.45) is 0. The van der Waals surface area contributed by atoms with Crippen LogP contribution >= 0.6 is 11.5 Å². The van der Waals surface area contributed by atoms with E-state index in [0.29, 0.717) is 0 Å². The van der Waals surface area contributed by atoms with Crippen molar-refractivity contribution in [3.05, 3.63) is 23.2 Å². The van der Waals surface area contributed by atoms with E-state index in [0.717, 1.165) is 24.4 Å². The van der Waals surface area contributed by atoms with Crippen molar-refractivity contribution in [1.82, 2.24) is 14.9 Å². The van der Waals surface area contributed by atoms with Gasteiger partial charge in [0.2, 0.25) is 0 Å². The third-order valence-corrected chi connectivity index (χ3v) is 1.69. The van der Waals surface area contributed by atoms with Gasteiger partial charge in [0, 0.05) is 18.5 Å². The molecule has 1 aromatic rings. The van der Waals surface area contributed by atoms with E-state index in [9.17, 15) is 0 Å². The zero-order chi connectivity index (χ0) is 8.10. The van der Waals surface area contributed by atoms with Crippen molar-refractivity contribution in [3.63, 3.8) is 0 Å². The summed E-state index contributed by atoms with van der Waals surface area (Å²) in [6, 6.07) is 0. The molecule has 1 heterocycles. The van der Waals surface area contributed by atoms with E-state index in [1.165, 1.54) is 11.5 Å². The number of nitrogens with one attached hydrogen (secondary N) is 1. The molecule has 0 aromatic carbocycles. The molecule has 0 amide bonds. The highest BCUT2D eigenvalue weighted by Gasteiger charge is 1.93. The first-order chi connectivity index (χ1) is 5.29. The summed E-state index contributed by atoms with van der Waals surface area (Å²) in [7, 11) is 0. The fourth-order valence-corrected chi connectivity index (χ4v) is 1.12. The average molecular weight is 169 g/mol. The summed E-state index contributed by atoms with van der Waals surface area (Å²) in [4.78, 5) is 0. The van der Waals surface area contributed by atoms with E-state index in [2.05, 4.69) is 21.5 Å². The van der Waals surface area contributed by atoms with Gasteiger partial charge in [-0.15, -0.1) is 5.10 Å². The molecule has 11 heavy (non-hydrogen) atoms. The van der Waals surface area contributed by atoms with Crippen molar-refractivity contribution >= 4 is 11.5 Å². The van der Waals surface area contributed by atoms with E-state index in [4.69, 9.17) is 0 Å². The summed E-state index contributed by atoms with van der Waals surface area (Å²) >= 11 is 1.37. The first-order valence-electron chi connectivity index (χ1n) is 3.40. The minimum Gasteiger partial charge on any atom is -0.307 e. The van der Waals surface area contributed by atoms with Gasteiger partial charge in [-0.3, -0.25) is 0 Å². The Labute approximate surface area is 70.3 Å². The van der Waals surface area contributed by atoms with Gasteiger partial charge in [-0.2, -0.15) is 0 Å². The highest BCUT2D eigenvalue weighted by atomic mass is 32.1. The Morgan fingerprint density at radius 1 is 1.82 bits per heavy atom. The highest BCUT2D eigenvalue weighted by Crippen LogP contribution is 1.95. The molecule has 0 fully saturated rings. The minimum absolute atomic E-state index is 0.781. The van der Waals surface area contributed by atoms with Gasteiger partial charge in [-0.1, -0.05) is 16.6 Å². The molecule has 0 aliphatic carbocycles. The molecule has 3 nitrogen and oxygen atoms in total. The molecule has 0 atom stereocenters. The molecule has 0 radical (unpaired) electrons. The van der Waals surface area contributed by atoms with Crippen LogP contribution in [0.2, 0.25) is 0 Å². The fraction of sp³-hybridized carbons (Fsp3) is 0.429. The van der Waals surface area contributed by atoms with Gasteiger partial charge in [0.25, 0.3) is 0 Å². The molecule has 1 aromatic heterocycles. The summed E-state index contributed by atoms with van der Waals surface area (Å²) in [5, 5.41) is 9.02. The lowest BCUT2D eigenvalue weighted by molar-refractivity contribution is 0.720. The van der Waals surface area contributed by atoms with Gasteiger partial charge in [0.05, 0.1) is 5.69 Å². The quantitative estimate of drug-likeness (QED) is 0.688. The van der Waals surface area contributed by atoms with Gasteiger partial charge in [-0.25, -0.2) is 0 Å². The Morgan fingerprint density at radius 3 is 3.18 bits per heavy atom. The van der Waals surface area contributed by atoms with Crippen LogP contribution in [0.1, 0.15) is 12.6 Å². The number of nitrogens with zero attached hydrogens (tertiary/aromatic N) is 2. The zero-order valence-electron chi connectivity index (χ0n) is 6.50. The monoisotopic (exact) mass is 169 g/mol. The third-order valence-electron chi connectivity index (χ3n) is 1.14. The first-order valence-corrected chi connectivity index (χ1v) is 4.23. The Morgan fingerprint density at radius 2 is 2.64 bits per heavy atom. The molecule has 4 heteroatoms. The second kappa shape index (κ2) is 4.20. The van der Waals surface area contributed by atoms with Crippen LogP contribution in [-0.4, -0.2) is 16.1 Å². The van der Waals surface area contributed by atoms with Crippen LogP contribution < -0.4 is 5.32 Å². The Kier molecular flexibility index (Phi) is 3.19. The van der Waals surface area contributed by atoms with Gasteiger partial charge in [0.15, 0.2) is 0 Å². The van der Waals surface area contributed by atoms with Crippen LogP contribution in [0.5, 0.6) is 0 Å². The van der Waals surface area contributed by atoms with Crippen molar-refractivity contribution in [2.75, 3.05) is 6.54 Å². The van der Waals surface area contributed by atoms with Crippen LogP contribution in [0.25, 0.3) is 0 Å². The van der Waals surface area contributed by atoms with Gasteiger partial charge in [-0.05, 0) is 18.5 Å². The van der Waals surface area contributed by atoms with E-state index >= 15 is 0 Å². The molecule has 1 rings (SSSR count). The van der Waals surface area contributed by atoms with E-state index < -0.39 is 0 Å². The molecule has 0 spiro atoms. The van der Waals surface area contributed by atoms with Gasteiger partial charge >= 0.3 is 0 Å². The fourth-order valence-electron chi connectivity index (χ4n) is 0.665. The molecular formula is C7H11N3S. The maximum Gasteiger partial charge on any atom is 0.0893 e. The Balaban J connectivity index is 2.19. The predicted octanol–water partition coefficient (Wildman–Crippen LogP) is 1.20. The van der Waals surface area contributed by atoms with Crippen LogP contribution in [0.15, 0.2) is 17.5 Å². The number of hydrogen-bond donors (Lipinski definition) is 1. The number of aromatic nitrogens is 2. The smallest absolute Gasteiger partial charge is 0.0893 e. The average Bonchev–Trinajstić information content (AvgIpc) is 2.39. The number of hydrogen-bond acceptors (Lipinski definition) is 4. The summed E-state index contributed by atoms with van der Waals surface area (Å²) in [5.41, 5.74) is 2.13. The van der Waals surface area contributed by atoms with Gasteiger partial charge < -0.3 is 5.32 Å². The minimum atomic E-state index is 0.781. The van der Waals surface area contributed by atoms with Crippen LogP contribution in [0.4, 0.5) is 0 Å². The molecule has 0 aliphatic rings. The molecule has 60 valence electrons. The summed E-state index contributed by atoms with van der Waals surface area (Å²) < 4.78 is 3.75. The van der Waals surface area contributed by atoms with E-state index in [1.807, 2.05) is 12.3 Å². The molecule has 0 bridgehead atoms. The molecule has 0 saturated heterocycles. The molecule has 0 saturated carbocycles. The molecular weight excluding hydrogens is 158 g/mol. The molecule has 1 N–H and O–H groups in total. The van der Waals surface area contributed by atoms with E-state index in [-0.39, 0.29) is 0 Å². The normalized spacial score (nSPS) is 9.91. The topological polar surface area (TPSA) is 37.8 Å². The maximum atomic E-state index is 3.89. The standard InChI is InChI=1S/C7H11N3S/c1-6(2)3-8-4-7-5-11-10-9-7/h5,8H,1,3-4H2,2H3. The third kappa shape index (κ3) is 3.25. The largest absolute Gasteiger partial charge is 0.307 e. The lowest BCUT2D eigenvalue weighted by atomic mass is 10.3. The van der Waals surface area contributed by atoms with Crippen molar-refractivity contribution in [1.29, 1.82) is 0 Å². The lowest BCUT2D eigenvalue weighted by Crippen LogP contribution is -2.15. The highest BCUT2D eigenvalue weighted by molar-refractivity contribution is 7.03. The van der Waals surface area contributed by atoms with Crippen LogP contribution in [0, 0.1) is 0 Å². The number of rotatable bonds is 4. The SMILES string of the molecule is C=C(C)CNCc1csnn1. The van der Waals surface area contributed by atoms with E-state index in [1.54, 1.807) is 0 Å². The lowest BCUT2D eigenvalue weighted by Gasteiger charge is -1.99. The maximum absolute atomic E-state index is 3.89. The first kappa shape index (κ1) is 8.36. The second-order valence-electron chi connectivity index (χ2n) is 2.46. The van der Waals surface area contributed by atoms with Gasteiger partial charge in [0.1, 0.15) is 0 Å². The summed E-state index contributed by atoms with van der Waals surface area (Å²) in [5.74, 6) is 0. The molecule has 0 unspecified atom stereocenters. The zero-order valence-corrected chi connectivity index (χ0v) is 7.32. The van der Waals surface area contributed by atoms with Crippen molar-refractivity contribution < 1.29 is 0 Å². The molecule has 0 aliphatic heterocycles. The van der Waals surface area contributed by atoms with Crippen molar-refractivity contribution in [3.8, 4) is 0 Å². The second-order valence-corrected chi connectivity index (χ2v) is 3.07. The van der Waals surface area contributed by atoms with Crippen LogP contribution in [-0.2, 0) is 6.54 Å². The van der Waals surface area contributed by atoms with Crippen molar-refractivity contribution in [2.24, 2.45) is 0 Å². The Bertz CT molecular complexity index is 218. The van der Waals surface area contributed by atoms with Crippen LogP contribution in [0.3, 0.4) is 0 Å². The predicted molar refractivity (Wildman–Crippen MR) is 46.4 cm³/mol.